The summed E-state index contributed by atoms with van der Waals surface area (Å²) in [5.74, 6) is 1.14. The minimum Gasteiger partial charge on any atom is -0.461 e. The Labute approximate surface area is 125 Å². The highest BCUT2D eigenvalue weighted by molar-refractivity contribution is 7.99. The van der Waals surface area contributed by atoms with Crippen molar-refractivity contribution in [2.75, 3.05) is 6.26 Å². The van der Waals surface area contributed by atoms with Crippen LogP contribution >= 0.6 is 11.8 Å². The van der Waals surface area contributed by atoms with Crippen LogP contribution in [0.15, 0.2) is 28.7 Å². The Hall–Kier alpha value is -0.930. The van der Waals surface area contributed by atoms with E-state index in [1.165, 1.54) is 30.2 Å². The van der Waals surface area contributed by atoms with Gasteiger partial charge in [-0.05, 0) is 25.2 Å². The molecule has 0 aliphatic heterocycles. The van der Waals surface area contributed by atoms with Gasteiger partial charge in [0, 0.05) is 35.2 Å². The molecule has 1 fully saturated rings. The molecule has 3 rings (SSSR count). The Morgan fingerprint density at radius 3 is 2.95 bits per heavy atom. The molecule has 1 heterocycles. The van der Waals surface area contributed by atoms with Crippen LogP contribution < -0.4 is 5.32 Å². The van der Waals surface area contributed by atoms with E-state index in [4.69, 9.17) is 4.42 Å². The first-order valence-corrected chi connectivity index (χ1v) is 8.87. The Morgan fingerprint density at radius 2 is 2.15 bits per heavy atom. The summed E-state index contributed by atoms with van der Waals surface area (Å²) in [6.07, 6.45) is 7.21. The molecular formula is C17H23NOS. The van der Waals surface area contributed by atoms with Crippen LogP contribution in [0.25, 0.3) is 11.0 Å². The normalized spacial score (nSPS) is 22.7. The lowest BCUT2D eigenvalue weighted by Gasteiger charge is -2.19. The van der Waals surface area contributed by atoms with Crippen molar-refractivity contribution in [2.45, 2.75) is 50.4 Å². The van der Waals surface area contributed by atoms with Gasteiger partial charge in [-0.3, -0.25) is 0 Å². The number of thioether (sulfide) groups is 1. The third kappa shape index (κ3) is 2.61. The van der Waals surface area contributed by atoms with E-state index in [2.05, 4.69) is 36.7 Å². The molecule has 0 spiro atoms. The van der Waals surface area contributed by atoms with Crippen molar-refractivity contribution in [3.63, 3.8) is 0 Å². The maximum atomic E-state index is 5.97. The number of furan rings is 1. The Morgan fingerprint density at radius 1 is 1.30 bits per heavy atom. The fourth-order valence-electron chi connectivity index (χ4n) is 3.30. The highest BCUT2D eigenvalue weighted by Gasteiger charge is 2.26. The molecule has 0 amide bonds. The molecule has 2 unspecified atom stereocenters. The Balaban J connectivity index is 1.79. The molecule has 20 heavy (non-hydrogen) atoms. The lowest BCUT2D eigenvalue weighted by Crippen LogP contribution is -2.33. The van der Waals surface area contributed by atoms with Crippen LogP contribution in [0.5, 0.6) is 0 Å². The summed E-state index contributed by atoms with van der Waals surface area (Å²) in [5.41, 5.74) is 2.38. The van der Waals surface area contributed by atoms with Crippen LogP contribution in [-0.2, 0) is 13.0 Å². The molecule has 1 aliphatic carbocycles. The van der Waals surface area contributed by atoms with Crippen molar-refractivity contribution in [2.24, 2.45) is 0 Å². The maximum absolute atomic E-state index is 5.97. The lowest BCUT2D eigenvalue weighted by molar-refractivity contribution is 0.512. The van der Waals surface area contributed by atoms with Gasteiger partial charge in [0.05, 0.1) is 0 Å². The number of nitrogens with one attached hydrogen (secondary N) is 1. The minimum absolute atomic E-state index is 0.656. The van der Waals surface area contributed by atoms with Crippen LogP contribution in [0.1, 0.15) is 37.5 Å². The first-order chi connectivity index (χ1) is 9.83. The topological polar surface area (TPSA) is 25.2 Å². The quantitative estimate of drug-likeness (QED) is 0.885. The monoisotopic (exact) mass is 289 g/mol. The first-order valence-electron chi connectivity index (χ1n) is 7.59. The first kappa shape index (κ1) is 14.0. The van der Waals surface area contributed by atoms with Crippen molar-refractivity contribution in [1.29, 1.82) is 0 Å². The Kier molecular flexibility index (Phi) is 4.37. The maximum Gasteiger partial charge on any atom is 0.134 e. The Bertz CT molecular complexity index is 577. The average Bonchev–Trinajstić information content (AvgIpc) is 3.08. The second kappa shape index (κ2) is 6.23. The SMILES string of the molecule is CCc1oc2ccccc2c1CNC1CCCC1SC. The number of hydrogen-bond acceptors (Lipinski definition) is 3. The van der Waals surface area contributed by atoms with Gasteiger partial charge in [0.2, 0.25) is 0 Å². The fourth-order valence-corrected chi connectivity index (χ4v) is 4.27. The summed E-state index contributed by atoms with van der Waals surface area (Å²) >= 11 is 2.01. The van der Waals surface area contributed by atoms with Gasteiger partial charge in [0.1, 0.15) is 11.3 Å². The second-order valence-corrected chi connectivity index (χ2v) is 6.62. The largest absolute Gasteiger partial charge is 0.461 e. The van der Waals surface area contributed by atoms with E-state index in [0.29, 0.717) is 6.04 Å². The molecule has 2 nitrogen and oxygen atoms in total. The molecule has 1 saturated carbocycles. The van der Waals surface area contributed by atoms with Crippen molar-refractivity contribution in [1.82, 2.24) is 5.32 Å². The van der Waals surface area contributed by atoms with Gasteiger partial charge < -0.3 is 9.73 Å². The van der Waals surface area contributed by atoms with Crippen LogP contribution in [0, 0.1) is 0 Å². The molecule has 2 aromatic rings. The van der Waals surface area contributed by atoms with E-state index in [9.17, 15) is 0 Å². The summed E-state index contributed by atoms with van der Waals surface area (Å²) < 4.78 is 5.97. The zero-order valence-electron chi connectivity index (χ0n) is 12.3. The number of aryl methyl sites for hydroxylation is 1. The predicted molar refractivity (Wildman–Crippen MR) is 87.4 cm³/mol. The van der Waals surface area contributed by atoms with Gasteiger partial charge in [0.15, 0.2) is 0 Å². The van der Waals surface area contributed by atoms with Crippen LogP contribution in [-0.4, -0.2) is 17.5 Å². The van der Waals surface area contributed by atoms with Gasteiger partial charge in [-0.1, -0.05) is 31.5 Å². The van der Waals surface area contributed by atoms with E-state index in [1.54, 1.807) is 0 Å². The lowest BCUT2D eigenvalue weighted by atomic mass is 10.1. The number of hydrogen-bond donors (Lipinski definition) is 1. The van der Waals surface area contributed by atoms with E-state index in [1.807, 2.05) is 17.8 Å². The van der Waals surface area contributed by atoms with E-state index < -0.39 is 0 Å². The summed E-state index contributed by atoms with van der Waals surface area (Å²) in [4.78, 5) is 0. The summed E-state index contributed by atoms with van der Waals surface area (Å²) in [7, 11) is 0. The molecular weight excluding hydrogens is 266 g/mol. The highest BCUT2D eigenvalue weighted by atomic mass is 32.2. The number of rotatable bonds is 5. The van der Waals surface area contributed by atoms with Gasteiger partial charge in [-0.15, -0.1) is 0 Å². The molecule has 108 valence electrons. The van der Waals surface area contributed by atoms with E-state index in [-0.39, 0.29) is 0 Å². The van der Waals surface area contributed by atoms with Crippen LogP contribution in [0.2, 0.25) is 0 Å². The molecule has 0 bridgehead atoms. The summed E-state index contributed by atoms with van der Waals surface area (Å²) in [5, 5.41) is 5.82. The zero-order valence-corrected chi connectivity index (χ0v) is 13.1. The molecule has 0 radical (unpaired) electrons. The van der Waals surface area contributed by atoms with Gasteiger partial charge in [0.25, 0.3) is 0 Å². The van der Waals surface area contributed by atoms with Crippen molar-refractivity contribution >= 4 is 22.7 Å². The molecule has 1 aromatic carbocycles. The van der Waals surface area contributed by atoms with Crippen molar-refractivity contribution in [3.05, 3.63) is 35.6 Å². The smallest absolute Gasteiger partial charge is 0.134 e. The van der Waals surface area contributed by atoms with Crippen LogP contribution in [0.3, 0.4) is 0 Å². The van der Waals surface area contributed by atoms with Gasteiger partial charge in [-0.25, -0.2) is 0 Å². The zero-order chi connectivity index (χ0) is 13.9. The van der Waals surface area contributed by atoms with Crippen LogP contribution in [0.4, 0.5) is 0 Å². The van der Waals surface area contributed by atoms with E-state index in [0.717, 1.165) is 29.6 Å². The standard InChI is InChI=1S/C17H23NOS/c1-3-15-13(12-7-4-5-9-16(12)19-15)11-18-14-8-6-10-17(14)20-2/h4-5,7,9,14,17-18H,3,6,8,10-11H2,1-2H3. The average molecular weight is 289 g/mol. The number of fused-ring (bicyclic) bond motifs is 1. The highest BCUT2D eigenvalue weighted by Crippen LogP contribution is 2.30. The molecule has 1 aliphatic rings. The predicted octanol–water partition coefficient (Wildman–Crippen LogP) is 4.37. The molecule has 1 N–H and O–H groups in total. The van der Waals surface area contributed by atoms with Crippen molar-refractivity contribution < 1.29 is 4.42 Å². The summed E-state index contributed by atoms with van der Waals surface area (Å²) in [6, 6.07) is 9.04. The number of para-hydroxylation sites is 1. The summed E-state index contributed by atoms with van der Waals surface area (Å²) in [6.45, 7) is 3.10. The molecule has 1 aromatic heterocycles. The third-order valence-corrected chi connectivity index (χ3v) is 5.57. The van der Waals surface area contributed by atoms with Gasteiger partial charge in [-0.2, -0.15) is 11.8 Å². The third-order valence-electron chi connectivity index (χ3n) is 4.40. The molecule has 3 heteroatoms. The van der Waals surface area contributed by atoms with E-state index >= 15 is 0 Å². The molecule has 2 atom stereocenters. The number of benzene rings is 1. The fraction of sp³-hybridized carbons (Fsp3) is 0.529. The molecule has 0 saturated heterocycles. The van der Waals surface area contributed by atoms with Gasteiger partial charge >= 0.3 is 0 Å². The minimum atomic E-state index is 0.656. The second-order valence-electron chi connectivity index (χ2n) is 5.55. The van der Waals surface area contributed by atoms with Crippen molar-refractivity contribution in [3.8, 4) is 0 Å².